The van der Waals surface area contributed by atoms with E-state index in [2.05, 4.69) is 28.1 Å². The van der Waals surface area contributed by atoms with Crippen LogP contribution in [0.25, 0.3) is 0 Å². The average molecular weight is 399 g/mol. The predicted molar refractivity (Wildman–Crippen MR) is 97.1 cm³/mol. The number of ether oxygens (including phenoxy) is 3. The second-order valence-electron chi connectivity index (χ2n) is 6.86. The van der Waals surface area contributed by atoms with Gasteiger partial charge in [0.05, 0.1) is 31.3 Å². The van der Waals surface area contributed by atoms with E-state index in [9.17, 15) is 4.79 Å². The summed E-state index contributed by atoms with van der Waals surface area (Å²) in [6, 6.07) is 10.1. The van der Waals surface area contributed by atoms with Crippen LogP contribution in [0.15, 0.2) is 30.3 Å². The molecular formula is C19H27BrO4. The Morgan fingerprint density at radius 3 is 2.67 bits per heavy atom. The first kappa shape index (κ1) is 19.4. The van der Waals surface area contributed by atoms with Crippen molar-refractivity contribution >= 4 is 21.9 Å². The second-order valence-corrected chi connectivity index (χ2v) is 8.15. The first-order valence-corrected chi connectivity index (χ1v) is 9.34. The van der Waals surface area contributed by atoms with Crippen LogP contribution in [-0.4, -0.2) is 36.7 Å². The summed E-state index contributed by atoms with van der Waals surface area (Å²) in [5.74, 6) is -0.229. The van der Waals surface area contributed by atoms with Gasteiger partial charge in [0, 0.05) is 11.4 Å². The fraction of sp³-hybridized carbons (Fsp3) is 0.632. The quantitative estimate of drug-likeness (QED) is 0.393. The molecule has 0 spiro atoms. The molecule has 3 atom stereocenters. The maximum Gasteiger partial charge on any atom is 0.313 e. The molecule has 0 aromatic heterocycles. The normalized spacial score (nSPS) is 24.6. The van der Waals surface area contributed by atoms with Crippen molar-refractivity contribution in [2.45, 2.75) is 56.8 Å². The fourth-order valence-electron chi connectivity index (χ4n) is 2.98. The van der Waals surface area contributed by atoms with Gasteiger partial charge in [0.15, 0.2) is 0 Å². The van der Waals surface area contributed by atoms with E-state index in [1.165, 1.54) is 12.7 Å². The Hall–Kier alpha value is -0.910. The molecule has 134 valence electrons. The maximum atomic E-state index is 12.0. The van der Waals surface area contributed by atoms with Gasteiger partial charge in [-0.2, -0.15) is 0 Å². The highest BCUT2D eigenvalue weighted by Crippen LogP contribution is 2.37. The molecule has 24 heavy (non-hydrogen) atoms. The Balaban J connectivity index is 1.81. The van der Waals surface area contributed by atoms with Crippen molar-refractivity contribution in [3.8, 4) is 0 Å². The van der Waals surface area contributed by atoms with Gasteiger partial charge in [-0.1, -0.05) is 46.3 Å². The van der Waals surface area contributed by atoms with Gasteiger partial charge in [-0.15, -0.1) is 0 Å². The molecule has 4 nitrogen and oxygen atoms in total. The predicted octanol–water partition coefficient (Wildman–Crippen LogP) is 4.10. The molecule has 1 aromatic rings. The van der Waals surface area contributed by atoms with Gasteiger partial charge in [0.2, 0.25) is 0 Å². The number of benzene rings is 1. The van der Waals surface area contributed by atoms with E-state index in [1.807, 2.05) is 32.0 Å². The number of hydrogen-bond acceptors (Lipinski definition) is 4. The molecule has 0 N–H and O–H groups in total. The van der Waals surface area contributed by atoms with Gasteiger partial charge < -0.3 is 14.2 Å². The van der Waals surface area contributed by atoms with Gasteiger partial charge >= 0.3 is 5.97 Å². The summed E-state index contributed by atoms with van der Waals surface area (Å²) in [7, 11) is 1.42. The molecule has 1 saturated heterocycles. The first-order valence-electron chi connectivity index (χ1n) is 8.43. The smallest absolute Gasteiger partial charge is 0.313 e. The Kier molecular flexibility index (Phi) is 7.26. The van der Waals surface area contributed by atoms with Crippen LogP contribution in [0.2, 0.25) is 0 Å². The summed E-state index contributed by atoms with van der Waals surface area (Å²) in [6.45, 7) is 5.03. The van der Waals surface area contributed by atoms with Gasteiger partial charge in [-0.3, -0.25) is 4.79 Å². The number of rotatable bonds is 7. The Morgan fingerprint density at radius 1 is 1.29 bits per heavy atom. The molecular weight excluding hydrogens is 372 g/mol. The summed E-state index contributed by atoms with van der Waals surface area (Å²) in [4.78, 5) is 12.4. The Bertz CT molecular complexity index is 517. The third-order valence-corrected chi connectivity index (χ3v) is 5.30. The third kappa shape index (κ3) is 5.30. The zero-order valence-corrected chi connectivity index (χ0v) is 16.3. The minimum Gasteiger partial charge on any atom is -0.469 e. The van der Waals surface area contributed by atoms with Crippen molar-refractivity contribution in [2.24, 2.45) is 5.41 Å². The molecule has 5 heteroatoms. The van der Waals surface area contributed by atoms with Gasteiger partial charge in [-0.05, 0) is 38.7 Å². The van der Waals surface area contributed by atoms with Crippen molar-refractivity contribution in [1.82, 2.24) is 0 Å². The fourth-order valence-corrected chi connectivity index (χ4v) is 3.74. The van der Waals surface area contributed by atoms with E-state index in [0.29, 0.717) is 18.0 Å². The maximum absolute atomic E-state index is 12.0. The number of methoxy groups -OCH3 is 1. The highest BCUT2D eigenvalue weighted by Gasteiger charge is 2.43. The third-order valence-electron chi connectivity index (χ3n) is 4.56. The number of carbonyl (C=O) groups is 1. The molecule has 1 heterocycles. The minimum absolute atomic E-state index is 0.0906. The molecule has 1 fully saturated rings. The molecule has 1 aromatic carbocycles. The number of halogens is 1. The van der Waals surface area contributed by atoms with Crippen molar-refractivity contribution in [3.63, 3.8) is 0 Å². The van der Waals surface area contributed by atoms with Crippen LogP contribution in [0.3, 0.4) is 0 Å². The molecule has 1 aliphatic heterocycles. The SMILES string of the molecule is COC(=O)C(C)(C)[C@H]1CC(Br)C[C@@H](CCOCc2ccccc2)O1. The van der Waals surface area contributed by atoms with E-state index in [0.717, 1.165) is 19.3 Å². The van der Waals surface area contributed by atoms with E-state index >= 15 is 0 Å². The van der Waals surface area contributed by atoms with E-state index in [1.54, 1.807) is 0 Å². The number of hydrogen-bond donors (Lipinski definition) is 0. The van der Waals surface area contributed by atoms with Crippen LogP contribution in [0.5, 0.6) is 0 Å². The van der Waals surface area contributed by atoms with Gasteiger partial charge in [0.1, 0.15) is 0 Å². The van der Waals surface area contributed by atoms with Crippen LogP contribution >= 0.6 is 15.9 Å². The lowest BCUT2D eigenvalue weighted by atomic mass is 9.81. The largest absolute Gasteiger partial charge is 0.469 e. The first-order chi connectivity index (χ1) is 11.4. The molecule has 0 bridgehead atoms. The summed E-state index contributed by atoms with van der Waals surface area (Å²) >= 11 is 3.71. The standard InChI is InChI=1S/C19H27BrO4/c1-19(2,18(21)22-3)17-12-15(20)11-16(24-17)9-10-23-13-14-7-5-4-6-8-14/h4-8,15-17H,9-13H2,1-3H3/t15?,16-,17-/m1/s1. The van der Waals surface area contributed by atoms with E-state index < -0.39 is 5.41 Å². The van der Waals surface area contributed by atoms with Crippen LogP contribution in [-0.2, 0) is 25.6 Å². The average Bonchev–Trinajstić information content (AvgIpc) is 2.58. The molecule has 0 amide bonds. The summed E-state index contributed by atoms with van der Waals surface area (Å²) < 4.78 is 16.9. The van der Waals surface area contributed by atoms with Gasteiger partial charge in [-0.25, -0.2) is 0 Å². The zero-order chi connectivity index (χ0) is 17.6. The van der Waals surface area contributed by atoms with Crippen LogP contribution in [0, 0.1) is 5.41 Å². The van der Waals surface area contributed by atoms with Crippen molar-refractivity contribution in [3.05, 3.63) is 35.9 Å². The highest BCUT2D eigenvalue weighted by atomic mass is 79.9. The number of carbonyl (C=O) groups excluding carboxylic acids is 1. The molecule has 1 aliphatic rings. The Morgan fingerprint density at radius 2 is 2.00 bits per heavy atom. The highest BCUT2D eigenvalue weighted by molar-refractivity contribution is 9.09. The van der Waals surface area contributed by atoms with Gasteiger partial charge in [0.25, 0.3) is 0 Å². The van der Waals surface area contributed by atoms with Crippen LogP contribution in [0.1, 0.15) is 38.7 Å². The second kappa shape index (κ2) is 8.97. The topological polar surface area (TPSA) is 44.8 Å². The molecule has 0 radical (unpaired) electrons. The van der Waals surface area contributed by atoms with Crippen molar-refractivity contribution in [1.29, 1.82) is 0 Å². The molecule has 0 saturated carbocycles. The van der Waals surface area contributed by atoms with Crippen LogP contribution < -0.4 is 0 Å². The Labute approximate surface area is 153 Å². The minimum atomic E-state index is -0.648. The number of esters is 1. The summed E-state index contributed by atoms with van der Waals surface area (Å²) in [5.41, 5.74) is 0.523. The van der Waals surface area contributed by atoms with E-state index in [4.69, 9.17) is 14.2 Å². The number of alkyl halides is 1. The summed E-state index contributed by atoms with van der Waals surface area (Å²) in [5, 5.41) is 0. The monoisotopic (exact) mass is 398 g/mol. The zero-order valence-electron chi connectivity index (χ0n) is 14.7. The molecule has 2 rings (SSSR count). The molecule has 1 unspecified atom stereocenters. The van der Waals surface area contributed by atoms with Crippen molar-refractivity contribution < 1.29 is 19.0 Å². The summed E-state index contributed by atoms with van der Waals surface area (Å²) in [6.07, 6.45) is 2.50. The lowest BCUT2D eigenvalue weighted by molar-refractivity contribution is -0.169. The lowest BCUT2D eigenvalue weighted by Crippen LogP contribution is -2.46. The molecule has 0 aliphatic carbocycles. The lowest BCUT2D eigenvalue weighted by Gasteiger charge is -2.40. The van der Waals surface area contributed by atoms with Crippen molar-refractivity contribution in [2.75, 3.05) is 13.7 Å². The van der Waals surface area contributed by atoms with Crippen LogP contribution in [0.4, 0.5) is 0 Å². The van der Waals surface area contributed by atoms with E-state index in [-0.39, 0.29) is 18.2 Å².